The zero-order valence-corrected chi connectivity index (χ0v) is 28.1. The van der Waals surface area contributed by atoms with Crippen LogP contribution in [0.3, 0.4) is 0 Å². The molecular formula is C45H27N3Se. The maximum atomic E-state index is 5.24. The van der Waals surface area contributed by atoms with Gasteiger partial charge in [0, 0.05) is 0 Å². The zero-order chi connectivity index (χ0) is 32.3. The molecule has 0 unspecified atom stereocenters. The molecule has 0 bridgehead atoms. The molecule has 0 aliphatic rings. The predicted molar refractivity (Wildman–Crippen MR) is 206 cm³/mol. The molecule has 4 heteroatoms. The molecule has 0 saturated carbocycles. The summed E-state index contributed by atoms with van der Waals surface area (Å²) in [5, 5.41) is 9.96. The molecule has 0 aliphatic carbocycles. The Labute approximate surface area is 288 Å². The van der Waals surface area contributed by atoms with Gasteiger partial charge in [-0.2, -0.15) is 0 Å². The molecule has 0 saturated heterocycles. The minimum absolute atomic E-state index is 0.0814. The van der Waals surface area contributed by atoms with Crippen molar-refractivity contribution in [1.82, 2.24) is 15.0 Å². The summed E-state index contributed by atoms with van der Waals surface area (Å²) in [6.45, 7) is 0. The number of hydrogen-bond donors (Lipinski definition) is 0. The fourth-order valence-corrected chi connectivity index (χ4v) is 9.96. The Balaban J connectivity index is 1.20. The normalized spacial score (nSPS) is 11.7. The third-order valence-electron chi connectivity index (χ3n) is 9.52. The molecule has 2 aromatic heterocycles. The van der Waals surface area contributed by atoms with Gasteiger partial charge in [-0.3, -0.25) is 0 Å². The van der Waals surface area contributed by atoms with Crippen LogP contribution in [0.25, 0.3) is 96.9 Å². The first-order valence-corrected chi connectivity index (χ1v) is 18.2. The number of rotatable bonds is 4. The fraction of sp³-hybridized carbons (Fsp3) is 0. The second kappa shape index (κ2) is 11.3. The second-order valence-electron chi connectivity index (χ2n) is 12.4. The SMILES string of the molecule is c1ccc(-c2nc(-c3ccc4ccc5c6ccccc6ccc5c4c3)nc(-c3cccc4c3[se]c3c(-c5ccccc5)cccc34)n2)cc1. The number of aromatic nitrogens is 3. The summed E-state index contributed by atoms with van der Waals surface area (Å²) in [5.74, 6) is 2.06. The van der Waals surface area contributed by atoms with Crippen molar-refractivity contribution in [2.45, 2.75) is 0 Å². The van der Waals surface area contributed by atoms with E-state index in [2.05, 4.69) is 146 Å². The van der Waals surface area contributed by atoms with E-state index in [1.54, 1.807) is 0 Å². The Morgan fingerprint density at radius 3 is 1.59 bits per heavy atom. The summed E-state index contributed by atoms with van der Waals surface area (Å²) in [7, 11) is 0. The summed E-state index contributed by atoms with van der Waals surface area (Å²) in [6.07, 6.45) is 0. The summed E-state index contributed by atoms with van der Waals surface area (Å²) in [4.78, 5) is 15.5. The molecule has 10 rings (SSSR count). The predicted octanol–water partition coefficient (Wildman–Crippen LogP) is 11.4. The first-order valence-electron chi connectivity index (χ1n) is 16.4. The monoisotopic (exact) mass is 689 g/mol. The molecule has 2 heterocycles. The van der Waals surface area contributed by atoms with E-state index in [4.69, 9.17) is 15.0 Å². The first kappa shape index (κ1) is 28.1. The molecule has 49 heavy (non-hydrogen) atoms. The van der Waals surface area contributed by atoms with Crippen molar-refractivity contribution in [1.29, 1.82) is 0 Å². The van der Waals surface area contributed by atoms with Crippen LogP contribution in [-0.4, -0.2) is 29.5 Å². The summed E-state index contributed by atoms with van der Waals surface area (Å²) in [5.41, 5.74) is 5.57. The van der Waals surface area contributed by atoms with Gasteiger partial charge in [-0.1, -0.05) is 18.2 Å². The maximum absolute atomic E-state index is 5.24. The van der Waals surface area contributed by atoms with Gasteiger partial charge in [0.2, 0.25) is 0 Å². The van der Waals surface area contributed by atoms with Gasteiger partial charge in [0.1, 0.15) is 0 Å². The molecule has 8 aromatic carbocycles. The van der Waals surface area contributed by atoms with Gasteiger partial charge in [-0.25, -0.2) is 0 Å². The molecule has 0 fully saturated rings. The molecule has 0 aliphatic heterocycles. The van der Waals surface area contributed by atoms with Crippen molar-refractivity contribution < 1.29 is 0 Å². The second-order valence-corrected chi connectivity index (χ2v) is 14.5. The molecule has 228 valence electrons. The van der Waals surface area contributed by atoms with Crippen molar-refractivity contribution >= 4 is 66.1 Å². The van der Waals surface area contributed by atoms with E-state index in [1.807, 2.05) is 18.2 Å². The summed E-state index contributed by atoms with van der Waals surface area (Å²) in [6, 6.07) is 58.3. The van der Waals surface area contributed by atoms with Gasteiger partial charge in [0.05, 0.1) is 0 Å². The van der Waals surface area contributed by atoms with Crippen LogP contribution >= 0.6 is 0 Å². The van der Waals surface area contributed by atoms with E-state index in [9.17, 15) is 0 Å². The molecule has 0 spiro atoms. The van der Waals surface area contributed by atoms with Crippen LogP contribution in [0, 0.1) is 0 Å². The molecule has 0 radical (unpaired) electrons. The van der Waals surface area contributed by atoms with Crippen molar-refractivity contribution in [3.8, 4) is 45.3 Å². The summed E-state index contributed by atoms with van der Waals surface area (Å²) >= 11 is 0.0814. The van der Waals surface area contributed by atoms with Gasteiger partial charge in [0.25, 0.3) is 0 Å². The van der Waals surface area contributed by atoms with Crippen molar-refractivity contribution in [3.05, 3.63) is 164 Å². The van der Waals surface area contributed by atoms with E-state index < -0.39 is 0 Å². The molecule has 3 nitrogen and oxygen atoms in total. The average Bonchev–Trinajstić information content (AvgIpc) is 3.57. The van der Waals surface area contributed by atoms with E-state index in [-0.39, 0.29) is 14.5 Å². The van der Waals surface area contributed by atoms with Crippen LogP contribution < -0.4 is 0 Å². The third-order valence-corrected chi connectivity index (χ3v) is 12.2. The number of fused-ring (bicyclic) bond motifs is 8. The Morgan fingerprint density at radius 1 is 0.306 bits per heavy atom. The van der Waals surface area contributed by atoms with Gasteiger partial charge in [-0.15, -0.1) is 0 Å². The van der Waals surface area contributed by atoms with Crippen LogP contribution in [0.2, 0.25) is 0 Å². The molecular weight excluding hydrogens is 661 g/mol. The summed E-state index contributed by atoms with van der Waals surface area (Å²) < 4.78 is 2.73. The Morgan fingerprint density at radius 2 is 0.837 bits per heavy atom. The van der Waals surface area contributed by atoms with Crippen molar-refractivity contribution in [2.24, 2.45) is 0 Å². The average molecular weight is 689 g/mol. The van der Waals surface area contributed by atoms with Gasteiger partial charge >= 0.3 is 272 Å². The Kier molecular flexibility index (Phi) is 6.51. The number of nitrogens with zero attached hydrogens (tertiary/aromatic N) is 3. The molecule has 0 atom stereocenters. The minimum atomic E-state index is 0.0814. The van der Waals surface area contributed by atoms with Crippen molar-refractivity contribution in [2.75, 3.05) is 0 Å². The fourth-order valence-electron chi connectivity index (χ4n) is 7.14. The molecule has 10 aromatic rings. The quantitative estimate of drug-likeness (QED) is 0.136. The van der Waals surface area contributed by atoms with Crippen LogP contribution in [0.15, 0.2) is 164 Å². The van der Waals surface area contributed by atoms with Gasteiger partial charge < -0.3 is 0 Å². The van der Waals surface area contributed by atoms with E-state index in [0.29, 0.717) is 17.5 Å². The van der Waals surface area contributed by atoms with Crippen molar-refractivity contribution in [3.63, 3.8) is 0 Å². The Bertz CT molecular complexity index is 2880. The number of hydrogen-bond acceptors (Lipinski definition) is 3. The van der Waals surface area contributed by atoms with E-state index >= 15 is 0 Å². The third kappa shape index (κ3) is 4.69. The van der Waals surface area contributed by atoms with Crippen LogP contribution in [-0.2, 0) is 0 Å². The standard InChI is InChI=1S/C45H27N3Se/c1-3-11-28(12-4-1)34-17-9-18-37-38-19-10-20-39(42(38)49-41(34)37)45-47-43(31-14-5-2-6-15-31)46-44(48-45)32-22-21-30-24-25-35-33-16-8-7-13-29(33)23-26-36(35)40(30)27-32/h1-27H. The molecule has 0 N–H and O–H groups in total. The van der Waals surface area contributed by atoms with Crippen LogP contribution in [0.5, 0.6) is 0 Å². The topological polar surface area (TPSA) is 38.7 Å². The Hall–Kier alpha value is -5.93. The molecule has 0 amide bonds. The van der Waals surface area contributed by atoms with E-state index in [1.165, 1.54) is 62.7 Å². The van der Waals surface area contributed by atoms with Crippen LogP contribution in [0.4, 0.5) is 0 Å². The first-order chi connectivity index (χ1) is 24.3. The van der Waals surface area contributed by atoms with Crippen LogP contribution in [0.1, 0.15) is 0 Å². The zero-order valence-electron chi connectivity index (χ0n) is 26.3. The van der Waals surface area contributed by atoms with E-state index in [0.717, 1.165) is 16.7 Å². The van der Waals surface area contributed by atoms with Gasteiger partial charge in [-0.05, 0) is 0 Å². The number of benzene rings is 8. The van der Waals surface area contributed by atoms with Gasteiger partial charge in [0.15, 0.2) is 0 Å².